The Labute approximate surface area is 162 Å². The highest BCUT2D eigenvalue weighted by molar-refractivity contribution is 7.89. The van der Waals surface area contributed by atoms with Crippen LogP contribution in [0.3, 0.4) is 0 Å². The van der Waals surface area contributed by atoms with Gasteiger partial charge in [0.15, 0.2) is 0 Å². The molecule has 146 valence electrons. The van der Waals surface area contributed by atoms with Crippen molar-refractivity contribution in [1.82, 2.24) is 9.71 Å². The van der Waals surface area contributed by atoms with Crippen LogP contribution in [0.1, 0.15) is 30.6 Å². The van der Waals surface area contributed by atoms with Gasteiger partial charge >= 0.3 is 0 Å². The molecule has 1 unspecified atom stereocenters. The number of aromatic nitrogens is 1. The number of hydrogen-bond donors (Lipinski definition) is 2. The van der Waals surface area contributed by atoms with Crippen LogP contribution in [0.5, 0.6) is 0 Å². The molecule has 6 nitrogen and oxygen atoms in total. The molecule has 3 aromatic rings. The Morgan fingerprint density at radius 3 is 2.68 bits per heavy atom. The van der Waals surface area contributed by atoms with E-state index in [1.807, 2.05) is 31.2 Å². The highest BCUT2D eigenvalue weighted by Crippen LogP contribution is 2.20. The molecule has 0 spiro atoms. The largest absolute Gasteiger partial charge is 0.320 e. The van der Waals surface area contributed by atoms with Crippen LogP contribution >= 0.6 is 0 Å². The molecule has 0 aliphatic heterocycles. The number of carbonyl (C=O) groups is 1. The second kappa shape index (κ2) is 8.04. The molecule has 1 aromatic heterocycles. The number of hydrogen-bond acceptors (Lipinski definition) is 4. The van der Waals surface area contributed by atoms with Crippen LogP contribution in [0.25, 0.3) is 10.9 Å². The van der Waals surface area contributed by atoms with E-state index in [9.17, 15) is 17.6 Å². The molecule has 0 aliphatic carbocycles. The molecule has 0 bridgehead atoms. The van der Waals surface area contributed by atoms with Crippen LogP contribution in [-0.4, -0.2) is 25.4 Å². The summed E-state index contributed by atoms with van der Waals surface area (Å²) in [4.78, 5) is 16.6. The predicted octanol–water partition coefficient (Wildman–Crippen LogP) is 3.70. The van der Waals surface area contributed by atoms with Gasteiger partial charge in [-0.15, -0.1) is 0 Å². The molecule has 0 radical (unpaired) electrons. The fourth-order valence-electron chi connectivity index (χ4n) is 2.60. The van der Waals surface area contributed by atoms with Crippen molar-refractivity contribution >= 4 is 32.5 Å². The second-order valence-electron chi connectivity index (χ2n) is 6.44. The first-order valence-electron chi connectivity index (χ1n) is 8.78. The lowest BCUT2D eigenvalue weighted by molar-refractivity contribution is 0.102. The lowest BCUT2D eigenvalue weighted by atomic mass is 10.2. The molecule has 0 saturated heterocycles. The normalized spacial score (nSPS) is 12.7. The van der Waals surface area contributed by atoms with Crippen molar-refractivity contribution in [2.45, 2.75) is 31.2 Å². The van der Waals surface area contributed by atoms with Crippen molar-refractivity contribution in [3.63, 3.8) is 0 Å². The van der Waals surface area contributed by atoms with Gasteiger partial charge in [0.25, 0.3) is 5.91 Å². The maximum Gasteiger partial charge on any atom is 0.258 e. The standard InChI is InChI=1S/C20H20FN3O3S/c1-3-13(2)24-28(26,27)16-8-9-18(21)17(11-16)20(25)23-15-10-14-6-4-5-7-19(14)22-12-15/h4-13,24H,3H2,1-2H3,(H,23,25). The Morgan fingerprint density at radius 2 is 1.93 bits per heavy atom. The van der Waals surface area contributed by atoms with Gasteiger partial charge in [0, 0.05) is 11.4 Å². The summed E-state index contributed by atoms with van der Waals surface area (Å²) in [6.07, 6.45) is 2.06. The van der Waals surface area contributed by atoms with Gasteiger partial charge in [-0.1, -0.05) is 25.1 Å². The summed E-state index contributed by atoms with van der Waals surface area (Å²) in [5.74, 6) is -1.57. The summed E-state index contributed by atoms with van der Waals surface area (Å²) in [6, 6.07) is 11.9. The average Bonchev–Trinajstić information content (AvgIpc) is 2.67. The third kappa shape index (κ3) is 4.35. The third-order valence-corrected chi connectivity index (χ3v) is 5.90. The second-order valence-corrected chi connectivity index (χ2v) is 8.16. The van der Waals surface area contributed by atoms with Gasteiger partial charge in [-0.25, -0.2) is 17.5 Å². The first-order chi connectivity index (χ1) is 13.3. The molecule has 0 aliphatic rings. The quantitative estimate of drug-likeness (QED) is 0.659. The zero-order chi connectivity index (χ0) is 20.3. The molecule has 2 aromatic carbocycles. The maximum atomic E-state index is 14.2. The zero-order valence-electron chi connectivity index (χ0n) is 15.4. The van der Waals surface area contributed by atoms with E-state index in [0.29, 0.717) is 12.1 Å². The summed E-state index contributed by atoms with van der Waals surface area (Å²) in [5.41, 5.74) is 0.783. The number of carbonyl (C=O) groups excluding carboxylic acids is 1. The molecule has 3 rings (SSSR count). The monoisotopic (exact) mass is 401 g/mol. The van der Waals surface area contributed by atoms with E-state index in [-0.39, 0.29) is 16.5 Å². The van der Waals surface area contributed by atoms with Crippen LogP contribution in [0.2, 0.25) is 0 Å². The SMILES string of the molecule is CCC(C)NS(=O)(=O)c1ccc(F)c(C(=O)Nc2cnc3ccccc3c2)c1. The Bertz CT molecular complexity index is 1130. The Balaban J connectivity index is 1.88. The fourth-order valence-corrected chi connectivity index (χ4v) is 3.95. The van der Waals surface area contributed by atoms with E-state index in [4.69, 9.17) is 0 Å². The van der Waals surface area contributed by atoms with Gasteiger partial charge < -0.3 is 5.32 Å². The Kier molecular flexibility index (Phi) is 5.71. The number of para-hydroxylation sites is 1. The molecule has 8 heteroatoms. The van der Waals surface area contributed by atoms with Crippen LogP contribution in [0.15, 0.2) is 59.6 Å². The topological polar surface area (TPSA) is 88.2 Å². The van der Waals surface area contributed by atoms with E-state index >= 15 is 0 Å². The highest BCUT2D eigenvalue weighted by Gasteiger charge is 2.21. The first-order valence-corrected chi connectivity index (χ1v) is 10.3. The first kappa shape index (κ1) is 19.9. The predicted molar refractivity (Wildman–Crippen MR) is 106 cm³/mol. The molecule has 1 amide bonds. The molecule has 28 heavy (non-hydrogen) atoms. The van der Waals surface area contributed by atoms with E-state index in [2.05, 4.69) is 15.0 Å². The minimum Gasteiger partial charge on any atom is -0.320 e. The van der Waals surface area contributed by atoms with Crippen molar-refractivity contribution in [3.8, 4) is 0 Å². The lowest BCUT2D eigenvalue weighted by Gasteiger charge is -2.13. The summed E-state index contributed by atoms with van der Waals surface area (Å²) < 4.78 is 41.5. The Morgan fingerprint density at radius 1 is 1.18 bits per heavy atom. The molecular formula is C20H20FN3O3S. The fraction of sp³-hybridized carbons (Fsp3) is 0.200. The highest BCUT2D eigenvalue weighted by atomic mass is 32.2. The van der Waals surface area contributed by atoms with Gasteiger partial charge in [0.05, 0.1) is 27.9 Å². The average molecular weight is 401 g/mol. The van der Waals surface area contributed by atoms with Crippen molar-refractivity contribution in [2.24, 2.45) is 0 Å². The number of benzene rings is 2. The van der Waals surface area contributed by atoms with Gasteiger partial charge in [-0.05, 0) is 43.7 Å². The zero-order valence-corrected chi connectivity index (χ0v) is 16.3. The molecule has 1 atom stereocenters. The van der Waals surface area contributed by atoms with Gasteiger partial charge in [-0.3, -0.25) is 9.78 Å². The number of halogens is 1. The van der Waals surface area contributed by atoms with Crippen molar-refractivity contribution < 1.29 is 17.6 Å². The van der Waals surface area contributed by atoms with E-state index in [1.54, 1.807) is 13.0 Å². The summed E-state index contributed by atoms with van der Waals surface area (Å²) in [6.45, 7) is 3.57. The van der Waals surface area contributed by atoms with Gasteiger partial charge in [0.1, 0.15) is 5.82 Å². The van der Waals surface area contributed by atoms with Crippen LogP contribution in [0.4, 0.5) is 10.1 Å². The number of anilines is 1. The lowest BCUT2D eigenvalue weighted by Crippen LogP contribution is -2.32. The van der Waals surface area contributed by atoms with Crippen molar-refractivity contribution in [2.75, 3.05) is 5.32 Å². The number of nitrogens with one attached hydrogen (secondary N) is 2. The van der Waals surface area contributed by atoms with E-state index in [1.165, 1.54) is 6.20 Å². The molecule has 0 fully saturated rings. The minimum absolute atomic E-state index is 0.170. The summed E-state index contributed by atoms with van der Waals surface area (Å²) in [5, 5.41) is 3.38. The number of fused-ring (bicyclic) bond motifs is 1. The molecule has 0 saturated carbocycles. The number of sulfonamides is 1. The van der Waals surface area contributed by atoms with Crippen molar-refractivity contribution in [3.05, 3.63) is 66.1 Å². The third-order valence-electron chi connectivity index (χ3n) is 4.31. The van der Waals surface area contributed by atoms with Crippen LogP contribution in [0, 0.1) is 5.82 Å². The number of rotatable bonds is 6. The van der Waals surface area contributed by atoms with Gasteiger partial charge in [-0.2, -0.15) is 0 Å². The van der Waals surface area contributed by atoms with E-state index in [0.717, 1.165) is 29.1 Å². The minimum atomic E-state index is -3.86. The molecule has 2 N–H and O–H groups in total. The van der Waals surface area contributed by atoms with Crippen LogP contribution in [-0.2, 0) is 10.0 Å². The summed E-state index contributed by atoms with van der Waals surface area (Å²) in [7, 11) is -3.86. The number of amides is 1. The van der Waals surface area contributed by atoms with E-state index < -0.39 is 21.7 Å². The Hall–Kier alpha value is -2.84. The van der Waals surface area contributed by atoms with Crippen molar-refractivity contribution in [1.29, 1.82) is 0 Å². The number of pyridine rings is 1. The van der Waals surface area contributed by atoms with Gasteiger partial charge in [0.2, 0.25) is 10.0 Å². The maximum absolute atomic E-state index is 14.2. The molecule has 1 heterocycles. The summed E-state index contributed by atoms with van der Waals surface area (Å²) >= 11 is 0. The molecular weight excluding hydrogens is 381 g/mol. The number of nitrogens with zero attached hydrogens (tertiary/aromatic N) is 1. The smallest absolute Gasteiger partial charge is 0.258 e. The van der Waals surface area contributed by atoms with Crippen LogP contribution < -0.4 is 10.0 Å².